The van der Waals surface area contributed by atoms with Crippen molar-refractivity contribution in [3.8, 4) is 0 Å². The molecule has 1 aromatic rings. The van der Waals surface area contributed by atoms with Crippen LogP contribution < -0.4 is 0 Å². The average molecular weight is 240 g/mol. The normalized spacial score (nSPS) is 9.67. The summed E-state index contributed by atoms with van der Waals surface area (Å²) in [5.41, 5.74) is 0. The molecule has 0 unspecified atom stereocenters. The van der Waals surface area contributed by atoms with E-state index in [1.807, 2.05) is 0 Å². The fourth-order valence-electron chi connectivity index (χ4n) is 0.470. The molecule has 0 aromatic heterocycles. The van der Waals surface area contributed by atoms with Crippen LogP contribution in [0.2, 0.25) is 0 Å². The molecule has 0 aliphatic heterocycles. The second-order valence-electron chi connectivity index (χ2n) is 1.56. The molecule has 0 saturated heterocycles. The molecule has 1 aromatic carbocycles. The lowest BCUT2D eigenvalue weighted by molar-refractivity contribution is 0.594. The van der Waals surface area contributed by atoms with Crippen molar-refractivity contribution in [2.24, 2.45) is 0 Å². The van der Waals surface area contributed by atoms with Gasteiger partial charge in [0.2, 0.25) is 0 Å². The van der Waals surface area contributed by atoms with Gasteiger partial charge in [0.25, 0.3) is 0 Å². The summed E-state index contributed by atoms with van der Waals surface area (Å²) in [6.45, 7) is 0. The van der Waals surface area contributed by atoms with Crippen LogP contribution in [0.15, 0.2) is 18.2 Å². The van der Waals surface area contributed by atoms with Crippen LogP contribution in [0.25, 0.3) is 0 Å². The zero-order valence-corrected chi connectivity index (χ0v) is 6.52. The Morgan fingerprint density at radius 2 is 1.89 bits per heavy atom. The first kappa shape index (κ1) is 6.92. The van der Waals surface area contributed by atoms with Gasteiger partial charge in [-0.1, -0.05) is 0 Å². The van der Waals surface area contributed by atoms with E-state index in [1.54, 1.807) is 22.6 Å². The average Bonchev–Trinajstić information content (AvgIpc) is 1.80. The molecule has 0 heterocycles. The van der Waals surface area contributed by atoms with Gasteiger partial charge in [-0.15, -0.1) is 0 Å². The van der Waals surface area contributed by atoms with Crippen molar-refractivity contribution in [2.75, 3.05) is 0 Å². The first-order chi connectivity index (χ1) is 4.20. The maximum atomic E-state index is 12.3. The third-order valence-electron chi connectivity index (χ3n) is 0.882. The van der Waals surface area contributed by atoms with Gasteiger partial charge >= 0.3 is 0 Å². The van der Waals surface area contributed by atoms with Crippen LogP contribution in [0.5, 0.6) is 0 Å². The van der Waals surface area contributed by atoms with Gasteiger partial charge in [0.05, 0.1) is 3.57 Å². The molecule has 0 aliphatic carbocycles. The monoisotopic (exact) mass is 240 g/mol. The van der Waals surface area contributed by atoms with Crippen molar-refractivity contribution in [1.82, 2.24) is 0 Å². The molecule has 0 bridgehead atoms. The molecule has 0 nitrogen and oxygen atoms in total. The molecule has 0 aliphatic rings. The Morgan fingerprint density at radius 1 is 1.22 bits per heavy atom. The Labute approximate surface area is 65.0 Å². The third-order valence-corrected chi connectivity index (χ3v) is 1.71. The van der Waals surface area contributed by atoms with E-state index in [2.05, 4.69) is 0 Å². The number of hydrogen-bond acceptors (Lipinski definition) is 0. The zero-order valence-electron chi connectivity index (χ0n) is 4.37. The molecular weight excluding hydrogens is 237 g/mol. The number of halogens is 3. The van der Waals surface area contributed by atoms with E-state index < -0.39 is 5.82 Å². The smallest absolute Gasteiger partial charge is 0.136 e. The highest BCUT2D eigenvalue weighted by Crippen LogP contribution is 2.10. The van der Waals surface area contributed by atoms with Crippen LogP contribution in [-0.4, -0.2) is 0 Å². The predicted octanol–water partition coefficient (Wildman–Crippen LogP) is 2.57. The van der Waals surface area contributed by atoms with Gasteiger partial charge in [-0.25, -0.2) is 8.78 Å². The molecular formula is C6H3F2I. The Kier molecular flexibility index (Phi) is 2.00. The van der Waals surface area contributed by atoms with Crippen LogP contribution in [-0.2, 0) is 0 Å². The quantitative estimate of drug-likeness (QED) is 0.483. The van der Waals surface area contributed by atoms with Gasteiger partial charge in [-0.05, 0) is 40.8 Å². The summed E-state index contributed by atoms with van der Waals surface area (Å²) in [6, 6.07) is 3.35. The first-order valence-electron chi connectivity index (χ1n) is 2.30. The number of rotatable bonds is 0. The summed E-state index contributed by atoms with van der Waals surface area (Å²) in [4.78, 5) is 0. The van der Waals surface area contributed by atoms with Crippen LogP contribution >= 0.6 is 22.6 Å². The van der Waals surface area contributed by atoms with E-state index in [1.165, 1.54) is 0 Å². The van der Waals surface area contributed by atoms with E-state index in [9.17, 15) is 8.78 Å². The standard InChI is InChI=1S/C6H3F2I/c7-4-1-2-5(8)6(9)3-4/h1-3H. The van der Waals surface area contributed by atoms with Gasteiger partial charge in [0.1, 0.15) is 11.6 Å². The molecule has 3 heteroatoms. The van der Waals surface area contributed by atoms with Crippen molar-refractivity contribution >= 4 is 22.6 Å². The fourth-order valence-corrected chi connectivity index (χ4v) is 0.948. The van der Waals surface area contributed by atoms with Crippen molar-refractivity contribution in [3.05, 3.63) is 33.4 Å². The summed E-state index contributed by atoms with van der Waals surface area (Å²) >= 11 is 1.73. The van der Waals surface area contributed by atoms with Crippen molar-refractivity contribution in [1.29, 1.82) is 0 Å². The van der Waals surface area contributed by atoms with Crippen LogP contribution in [0, 0.1) is 15.2 Å². The largest absolute Gasteiger partial charge is 0.207 e. The minimum Gasteiger partial charge on any atom is -0.207 e. The molecule has 1 rings (SSSR count). The van der Waals surface area contributed by atoms with E-state index in [0.717, 1.165) is 18.2 Å². The van der Waals surface area contributed by atoms with Crippen molar-refractivity contribution in [2.45, 2.75) is 0 Å². The van der Waals surface area contributed by atoms with Gasteiger partial charge in [-0.2, -0.15) is 0 Å². The summed E-state index contributed by atoms with van der Waals surface area (Å²) in [5.74, 6) is -0.780. The first-order valence-corrected chi connectivity index (χ1v) is 3.38. The predicted molar refractivity (Wildman–Crippen MR) is 39.1 cm³/mol. The molecule has 9 heavy (non-hydrogen) atoms. The Hall–Kier alpha value is -0.190. The maximum absolute atomic E-state index is 12.3. The molecule has 0 saturated carbocycles. The Morgan fingerprint density at radius 3 is 2.33 bits per heavy atom. The lowest BCUT2D eigenvalue weighted by Crippen LogP contribution is -1.81. The van der Waals surface area contributed by atoms with E-state index in [-0.39, 0.29) is 5.82 Å². The summed E-state index contributed by atoms with van der Waals surface area (Å²) in [7, 11) is 0. The highest BCUT2D eigenvalue weighted by molar-refractivity contribution is 14.1. The third kappa shape index (κ3) is 1.61. The molecule has 0 radical (unpaired) electrons. The minimum absolute atomic E-state index is 0.313. The fraction of sp³-hybridized carbons (Fsp3) is 0. The van der Waals surface area contributed by atoms with Crippen molar-refractivity contribution < 1.29 is 8.78 Å². The summed E-state index contributed by atoms with van der Waals surface area (Å²) in [6.07, 6.45) is 0. The lowest BCUT2D eigenvalue weighted by Gasteiger charge is -1.90. The van der Waals surface area contributed by atoms with Gasteiger partial charge in [-0.3, -0.25) is 0 Å². The Balaban J connectivity index is 3.17. The van der Waals surface area contributed by atoms with E-state index in [0.29, 0.717) is 3.57 Å². The summed E-state index contributed by atoms with van der Waals surface area (Å²) in [5, 5.41) is 0. The molecule has 0 N–H and O–H groups in total. The van der Waals surface area contributed by atoms with Gasteiger partial charge in [0, 0.05) is 0 Å². The van der Waals surface area contributed by atoms with Gasteiger partial charge < -0.3 is 0 Å². The number of benzene rings is 1. The highest BCUT2D eigenvalue weighted by atomic mass is 127. The van der Waals surface area contributed by atoms with Crippen LogP contribution in [0.1, 0.15) is 0 Å². The van der Waals surface area contributed by atoms with Crippen molar-refractivity contribution in [3.63, 3.8) is 0 Å². The topological polar surface area (TPSA) is 0 Å². The zero-order chi connectivity index (χ0) is 6.85. The maximum Gasteiger partial charge on any atom is 0.136 e. The second kappa shape index (κ2) is 2.60. The molecule has 48 valence electrons. The van der Waals surface area contributed by atoms with Crippen LogP contribution in [0.4, 0.5) is 8.78 Å². The SMILES string of the molecule is Fc1ccc(F)c(I)c1. The molecule has 0 atom stereocenters. The number of hydrogen-bond donors (Lipinski definition) is 0. The van der Waals surface area contributed by atoms with E-state index in [4.69, 9.17) is 0 Å². The molecule has 0 amide bonds. The molecule has 0 fully saturated rings. The Bertz CT molecular complexity index is 222. The second-order valence-corrected chi connectivity index (χ2v) is 2.72. The molecule has 0 spiro atoms. The van der Waals surface area contributed by atoms with Crippen LogP contribution in [0.3, 0.4) is 0 Å². The van der Waals surface area contributed by atoms with E-state index >= 15 is 0 Å². The minimum atomic E-state index is -0.402. The lowest BCUT2D eigenvalue weighted by atomic mass is 10.3. The highest BCUT2D eigenvalue weighted by Gasteiger charge is 1.97. The summed E-state index contributed by atoms with van der Waals surface area (Å²) < 4.78 is 24.8. The van der Waals surface area contributed by atoms with Gasteiger partial charge in [0.15, 0.2) is 0 Å².